The fraction of sp³-hybridized carbons (Fsp3) is 0.222. The highest BCUT2D eigenvalue weighted by molar-refractivity contribution is 6.33. The Labute approximate surface area is 159 Å². The number of ether oxygens (including phenoxy) is 1. The number of nitro benzene ring substituents is 1. The van der Waals surface area contributed by atoms with Crippen LogP contribution in [0.3, 0.4) is 0 Å². The van der Waals surface area contributed by atoms with Crippen LogP contribution in [0.25, 0.3) is 0 Å². The third-order valence-corrected chi connectivity index (χ3v) is 4.03. The molecule has 2 aromatic carbocycles. The molecule has 27 heavy (non-hydrogen) atoms. The molecule has 0 heterocycles. The van der Waals surface area contributed by atoms with Crippen molar-refractivity contribution < 1.29 is 23.6 Å². The molecule has 9 heteroatoms. The van der Waals surface area contributed by atoms with E-state index in [0.717, 1.165) is 12.1 Å². The van der Waals surface area contributed by atoms with E-state index in [1.165, 1.54) is 43.1 Å². The highest BCUT2D eigenvalue weighted by atomic mass is 35.5. The van der Waals surface area contributed by atoms with Gasteiger partial charge in [-0.25, -0.2) is 9.18 Å². The van der Waals surface area contributed by atoms with Gasteiger partial charge in [-0.3, -0.25) is 14.9 Å². The fourth-order valence-electron chi connectivity index (χ4n) is 2.36. The number of nitrogens with zero attached hydrogens (tertiary/aromatic N) is 2. The van der Waals surface area contributed by atoms with Gasteiger partial charge in [0.1, 0.15) is 5.82 Å². The van der Waals surface area contributed by atoms with Gasteiger partial charge in [0.2, 0.25) is 0 Å². The molecule has 1 amide bonds. The van der Waals surface area contributed by atoms with Crippen molar-refractivity contribution >= 4 is 29.2 Å². The van der Waals surface area contributed by atoms with Crippen LogP contribution in [0.2, 0.25) is 5.02 Å². The number of amides is 1. The van der Waals surface area contributed by atoms with Crippen molar-refractivity contribution in [1.82, 2.24) is 4.90 Å². The third kappa shape index (κ3) is 5.24. The van der Waals surface area contributed by atoms with Gasteiger partial charge in [-0.2, -0.15) is 0 Å². The molecule has 0 N–H and O–H groups in total. The number of benzene rings is 2. The number of halogens is 2. The number of non-ortho nitro benzene ring substituents is 1. The van der Waals surface area contributed by atoms with Gasteiger partial charge < -0.3 is 9.64 Å². The van der Waals surface area contributed by atoms with Crippen LogP contribution in [0.15, 0.2) is 42.5 Å². The molecule has 0 aliphatic carbocycles. The Morgan fingerprint density at radius 1 is 1.30 bits per heavy atom. The molecule has 7 nitrogen and oxygen atoms in total. The van der Waals surface area contributed by atoms with E-state index in [2.05, 4.69) is 0 Å². The van der Waals surface area contributed by atoms with Crippen LogP contribution in [-0.2, 0) is 16.1 Å². The Kier molecular flexibility index (Phi) is 6.46. The lowest BCUT2D eigenvalue weighted by Gasteiger charge is -2.21. The number of likely N-dealkylation sites (N-methyl/N-ethyl adjacent to an activating group) is 1. The first kappa shape index (κ1) is 20.3. The van der Waals surface area contributed by atoms with Crippen molar-refractivity contribution in [2.75, 3.05) is 7.05 Å². The first-order valence-corrected chi connectivity index (χ1v) is 8.21. The molecule has 0 unspecified atom stereocenters. The van der Waals surface area contributed by atoms with Crippen LogP contribution >= 0.6 is 11.6 Å². The van der Waals surface area contributed by atoms with Gasteiger partial charge in [0.15, 0.2) is 6.10 Å². The maximum absolute atomic E-state index is 13.2. The number of carbonyl (C=O) groups excluding carboxylic acids is 2. The van der Waals surface area contributed by atoms with E-state index in [0.29, 0.717) is 5.56 Å². The normalized spacial score (nSPS) is 11.6. The molecule has 0 aromatic heterocycles. The summed E-state index contributed by atoms with van der Waals surface area (Å²) in [6.45, 7) is 1.49. The van der Waals surface area contributed by atoms with E-state index in [-0.39, 0.29) is 22.8 Å². The fourth-order valence-corrected chi connectivity index (χ4v) is 2.55. The summed E-state index contributed by atoms with van der Waals surface area (Å²) >= 11 is 5.89. The lowest BCUT2D eigenvalue weighted by Crippen LogP contribution is -2.37. The van der Waals surface area contributed by atoms with Crippen molar-refractivity contribution in [3.63, 3.8) is 0 Å². The second-order valence-corrected chi connectivity index (χ2v) is 6.20. The van der Waals surface area contributed by atoms with E-state index in [4.69, 9.17) is 16.3 Å². The third-order valence-electron chi connectivity index (χ3n) is 3.70. The van der Waals surface area contributed by atoms with Crippen molar-refractivity contribution in [3.05, 3.63) is 74.5 Å². The molecular weight excluding hydrogens is 379 g/mol. The van der Waals surface area contributed by atoms with E-state index in [9.17, 15) is 24.1 Å². The lowest BCUT2D eigenvalue weighted by atomic mass is 10.2. The smallest absolute Gasteiger partial charge is 0.340 e. The number of hydrogen-bond acceptors (Lipinski definition) is 5. The summed E-state index contributed by atoms with van der Waals surface area (Å²) in [5.74, 6) is -1.90. The van der Waals surface area contributed by atoms with E-state index >= 15 is 0 Å². The second kappa shape index (κ2) is 8.59. The number of hydrogen-bond donors (Lipinski definition) is 0. The van der Waals surface area contributed by atoms with Gasteiger partial charge in [0.05, 0.1) is 15.5 Å². The van der Waals surface area contributed by atoms with Crippen molar-refractivity contribution in [2.24, 2.45) is 0 Å². The highest BCUT2D eigenvalue weighted by Gasteiger charge is 2.24. The minimum atomic E-state index is -1.16. The molecule has 1 atom stereocenters. The number of rotatable bonds is 6. The molecule has 2 aromatic rings. The van der Waals surface area contributed by atoms with E-state index in [1.54, 1.807) is 6.07 Å². The summed E-state index contributed by atoms with van der Waals surface area (Å²) in [7, 11) is 1.48. The summed E-state index contributed by atoms with van der Waals surface area (Å²) < 4.78 is 18.3. The molecule has 0 saturated carbocycles. The molecule has 0 aliphatic rings. The van der Waals surface area contributed by atoms with Crippen molar-refractivity contribution in [2.45, 2.75) is 19.6 Å². The minimum Gasteiger partial charge on any atom is -0.449 e. The first-order chi connectivity index (χ1) is 12.7. The van der Waals surface area contributed by atoms with Crippen molar-refractivity contribution in [1.29, 1.82) is 0 Å². The monoisotopic (exact) mass is 394 g/mol. The van der Waals surface area contributed by atoms with Crippen molar-refractivity contribution in [3.8, 4) is 0 Å². The summed E-state index contributed by atoms with van der Waals surface area (Å²) in [5, 5.41) is 10.8. The Morgan fingerprint density at radius 3 is 2.63 bits per heavy atom. The van der Waals surface area contributed by atoms with Crippen LogP contribution < -0.4 is 0 Å². The van der Waals surface area contributed by atoms with E-state index in [1.807, 2.05) is 0 Å². The Hall–Kier alpha value is -3.00. The molecule has 2 rings (SSSR count). The molecule has 0 bridgehead atoms. The largest absolute Gasteiger partial charge is 0.449 e. The Morgan fingerprint density at radius 2 is 2.00 bits per heavy atom. The lowest BCUT2D eigenvalue weighted by molar-refractivity contribution is -0.384. The summed E-state index contributed by atoms with van der Waals surface area (Å²) in [6, 6.07) is 9.11. The van der Waals surface area contributed by atoms with Crippen LogP contribution in [-0.4, -0.2) is 34.9 Å². The molecule has 0 radical (unpaired) electrons. The van der Waals surface area contributed by atoms with E-state index < -0.39 is 28.7 Å². The van der Waals surface area contributed by atoms with Gasteiger partial charge >= 0.3 is 5.97 Å². The molecule has 0 aliphatic heterocycles. The molecule has 142 valence electrons. The predicted octanol–water partition coefficient (Wildman–Crippen LogP) is 3.59. The number of esters is 1. The van der Waals surface area contributed by atoms with Gasteiger partial charge in [-0.05, 0) is 30.7 Å². The molecule has 0 fully saturated rings. The van der Waals surface area contributed by atoms with Gasteiger partial charge in [0, 0.05) is 25.7 Å². The topological polar surface area (TPSA) is 89.7 Å². The summed E-state index contributed by atoms with van der Waals surface area (Å²) in [4.78, 5) is 36.0. The zero-order chi connectivity index (χ0) is 20.1. The molecule has 0 spiro atoms. The maximum Gasteiger partial charge on any atom is 0.340 e. The van der Waals surface area contributed by atoms with Crippen LogP contribution in [0.5, 0.6) is 0 Å². The molecule has 0 saturated heterocycles. The first-order valence-electron chi connectivity index (χ1n) is 7.83. The average Bonchev–Trinajstić information content (AvgIpc) is 2.60. The van der Waals surface area contributed by atoms with Crippen LogP contribution in [0.4, 0.5) is 10.1 Å². The average molecular weight is 395 g/mol. The SMILES string of the molecule is C[C@H](OC(=O)c1cc([N+](=O)[O-])ccc1Cl)C(=O)N(C)Cc1cccc(F)c1. The summed E-state index contributed by atoms with van der Waals surface area (Å²) in [6.07, 6.45) is -1.16. The zero-order valence-corrected chi connectivity index (χ0v) is 15.3. The standard InChI is InChI=1S/C18H16ClFN2O5/c1-11(17(23)21(2)10-12-4-3-5-13(20)8-12)27-18(24)15-9-14(22(25)26)6-7-16(15)19/h3-9,11H,10H2,1-2H3/t11-/m0/s1. The zero-order valence-electron chi connectivity index (χ0n) is 14.5. The Bertz CT molecular complexity index is 890. The van der Waals surface area contributed by atoms with Crippen LogP contribution in [0.1, 0.15) is 22.8 Å². The minimum absolute atomic E-state index is 0.0293. The second-order valence-electron chi connectivity index (χ2n) is 5.79. The highest BCUT2D eigenvalue weighted by Crippen LogP contribution is 2.23. The van der Waals surface area contributed by atoms with Gasteiger partial charge in [-0.15, -0.1) is 0 Å². The number of nitro groups is 1. The van der Waals surface area contributed by atoms with Gasteiger partial charge in [-0.1, -0.05) is 23.7 Å². The Balaban J connectivity index is 2.06. The quantitative estimate of drug-likeness (QED) is 0.424. The predicted molar refractivity (Wildman–Crippen MR) is 95.9 cm³/mol. The maximum atomic E-state index is 13.2. The summed E-state index contributed by atoms with van der Waals surface area (Å²) in [5.41, 5.74) is 0.0398. The number of carbonyl (C=O) groups is 2. The van der Waals surface area contributed by atoms with Gasteiger partial charge in [0.25, 0.3) is 11.6 Å². The molecular formula is C18H16ClFN2O5. The van der Waals surface area contributed by atoms with Crippen LogP contribution in [0, 0.1) is 15.9 Å².